The number of nitrogens with one attached hydrogen (secondary N) is 1. The Balaban J connectivity index is 2.06. The number of hydrogen-bond donors (Lipinski definition) is 1. The maximum absolute atomic E-state index is 11.5. The van der Waals surface area contributed by atoms with Crippen molar-refractivity contribution in [3.63, 3.8) is 0 Å². The van der Waals surface area contributed by atoms with Gasteiger partial charge in [0.25, 0.3) is 0 Å². The molecule has 0 saturated heterocycles. The molecule has 2 amide bonds. The van der Waals surface area contributed by atoms with Crippen LogP contribution in [0.15, 0.2) is 0 Å². The van der Waals surface area contributed by atoms with Crippen LogP contribution < -0.4 is 5.32 Å². The third-order valence-electron chi connectivity index (χ3n) is 3.10. The molecule has 0 spiro atoms. The fourth-order valence-corrected chi connectivity index (χ4v) is 1.79. The molecule has 0 bridgehead atoms. The van der Waals surface area contributed by atoms with Gasteiger partial charge < -0.3 is 10.2 Å². The topological polar surface area (TPSA) is 32.3 Å². The first-order valence-corrected chi connectivity index (χ1v) is 5.80. The van der Waals surface area contributed by atoms with Crippen LogP contribution in [-0.4, -0.2) is 30.6 Å². The molecule has 0 radical (unpaired) electrons. The Bertz CT molecular complexity index is 174. The number of hydrogen-bond acceptors (Lipinski definition) is 1. The van der Waals surface area contributed by atoms with E-state index >= 15 is 0 Å². The first-order valence-electron chi connectivity index (χ1n) is 5.80. The highest BCUT2D eigenvalue weighted by Gasteiger charge is 2.17. The number of carbonyl (C=O) groups excluding carboxylic acids is 1. The zero-order valence-electron chi connectivity index (χ0n) is 9.38. The van der Waals surface area contributed by atoms with Crippen molar-refractivity contribution in [1.29, 1.82) is 0 Å². The number of carbonyl (C=O) groups is 1. The summed E-state index contributed by atoms with van der Waals surface area (Å²) in [5.41, 5.74) is 0. The van der Waals surface area contributed by atoms with Crippen LogP contribution in [0.25, 0.3) is 0 Å². The van der Waals surface area contributed by atoms with Crippen LogP contribution in [-0.2, 0) is 0 Å². The lowest BCUT2D eigenvalue weighted by atomic mass is 9.83. The van der Waals surface area contributed by atoms with Gasteiger partial charge in [0.1, 0.15) is 0 Å². The van der Waals surface area contributed by atoms with Gasteiger partial charge in [0, 0.05) is 19.6 Å². The first-order chi connectivity index (χ1) is 6.77. The predicted molar refractivity (Wildman–Crippen MR) is 58.3 cm³/mol. The number of rotatable bonds is 5. The van der Waals surface area contributed by atoms with Crippen LogP contribution in [0.4, 0.5) is 4.79 Å². The van der Waals surface area contributed by atoms with E-state index in [1.165, 1.54) is 19.3 Å². The smallest absolute Gasteiger partial charge is 0.317 e. The molecule has 1 rings (SSSR count). The van der Waals surface area contributed by atoms with Crippen molar-refractivity contribution < 1.29 is 4.79 Å². The standard InChI is InChI=1S/C11H22N2O/c1-3-13(4-2)11(14)12-9-8-10-6-5-7-10/h10H,3-9H2,1-2H3,(H,12,14). The second-order valence-electron chi connectivity index (χ2n) is 3.99. The Morgan fingerprint density at radius 2 is 2.00 bits per heavy atom. The molecule has 0 atom stereocenters. The van der Waals surface area contributed by atoms with E-state index in [0.29, 0.717) is 0 Å². The molecule has 0 aromatic carbocycles. The fraction of sp³-hybridized carbons (Fsp3) is 0.909. The molecule has 1 aliphatic rings. The quantitative estimate of drug-likeness (QED) is 0.722. The Kier molecular flexibility index (Phi) is 4.77. The van der Waals surface area contributed by atoms with Crippen LogP contribution in [0.2, 0.25) is 0 Å². The van der Waals surface area contributed by atoms with Crippen molar-refractivity contribution in [3.05, 3.63) is 0 Å². The molecule has 0 heterocycles. The summed E-state index contributed by atoms with van der Waals surface area (Å²) in [6.45, 7) is 6.46. The molecule has 0 aromatic rings. The lowest BCUT2D eigenvalue weighted by Gasteiger charge is -2.26. The second kappa shape index (κ2) is 5.89. The Hall–Kier alpha value is -0.730. The molecule has 82 valence electrons. The van der Waals surface area contributed by atoms with Crippen molar-refractivity contribution in [3.8, 4) is 0 Å². The second-order valence-corrected chi connectivity index (χ2v) is 3.99. The van der Waals surface area contributed by atoms with Crippen LogP contribution in [0.1, 0.15) is 39.5 Å². The Morgan fingerprint density at radius 1 is 1.36 bits per heavy atom. The highest BCUT2D eigenvalue weighted by Crippen LogP contribution is 2.28. The minimum atomic E-state index is 0.0920. The molecular formula is C11H22N2O. The van der Waals surface area contributed by atoms with Gasteiger partial charge in [-0.25, -0.2) is 4.79 Å². The maximum Gasteiger partial charge on any atom is 0.317 e. The van der Waals surface area contributed by atoms with E-state index in [4.69, 9.17) is 0 Å². The largest absolute Gasteiger partial charge is 0.338 e. The number of urea groups is 1. The van der Waals surface area contributed by atoms with E-state index in [1.807, 2.05) is 18.7 Å². The molecule has 14 heavy (non-hydrogen) atoms. The average molecular weight is 198 g/mol. The molecule has 3 heteroatoms. The lowest BCUT2D eigenvalue weighted by molar-refractivity contribution is 0.200. The van der Waals surface area contributed by atoms with Crippen molar-refractivity contribution in [1.82, 2.24) is 10.2 Å². The summed E-state index contributed by atoms with van der Waals surface area (Å²) in [6.07, 6.45) is 5.27. The molecule has 1 saturated carbocycles. The highest BCUT2D eigenvalue weighted by atomic mass is 16.2. The lowest BCUT2D eigenvalue weighted by Crippen LogP contribution is -2.40. The molecule has 1 fully saturated rings. The minimum Gasteiger partial charge on any atom is -0.338 e. The first kappa shape index (κ1) is 11.3. The predicted octanol–water partition coefficient (Wildman–Crippen LogP) is 2.23. The number of nitrogens with zero attached hydrogens (tertiary/aromatic N) is 1. The average Bonchev–Trinajstić information content (AvgIpc) is 2.11. The van der Waals surface area contributed by atoms with E-state index in [2.05, 4.69) is 5.32 Å². The summed E-state index contributed by atoms with van der Waals surface area (Å²) in [4.78, 5) is 13.3. The summed E-state index contributed by atoms with van der Waals surface area (Å²) < 4.78 is 0. The molecular weight excluding hydrogens is 176 g/mol. The summed E-state index contributed by atoms with van der Waals surface area (Å²) in [6, 6.07) is 0.0920. The number of amides is 2. The van der Waals surface area contributed by atoms with Gasteiger partial charge in [-0.2, -0.15) is 0 Å². The van der Waals surface area contributed by atoms with Crippen LogP contribution in [0.3, 0.4) is 0 Å². The molecule has 0 unspecified atom stereocenters. The maximum atomic E-state index is 11.5. The van der Waals surface area contributed by atoms with Crippen molar-refractivity contribution >= 4 is 6.03 Å². The summed E-state index contributed by atoms with van der Waals surface area (Å²) >= 11 is 0. The highest BCUT2D eigenvalue weighted by molar-refractivity contribution is 5.73. The van der Waals surface area contributed by atoms with E-state index in [0.717, 1.165) is 32.0 Å². The fourth-order valence-electron chi connectivity index (χ4n) is 1.79. The Morgan fingerprint density at radius 3 is 2.43 bits per heavy atom. The molecule has 0 aromatic heterocycles. The molecule has 1 N–H and O–H groups in total. The summed E-state index contributed by atoms with van der Waals surface area (Å²) in [7, 11) is 0. The van der Waals surface area contributed by atoms with Crippen molar-refractivity contribution in [2.45, 2.75) is 39.5 Å². The summed E-state index contributed by atoms with van der Waals surface area (Å²) in [5.74, 6) is 0.881. The van der Waals surface area contributed by atoms with Gasteiger partial charge in [0.15, 0.2) is 0 Å². The summed E-state index contributed by atoms with van der Waals surface area (Å²) in [5, 5.41) is 2.97. The minimum absolute atomic E-state index is 0.0920. The zero-order valence-corrected chi connectivity index (χ0v) is 9.38. The van der Waals surface area contributed by atoms with E-state index in [-0.39, 0.29) is 6.03 Å². The third kappa shape index (κ3) is 3.20. The SMILES string of the molecule is CCN(CC)C(=O)NCCC1CCC1. The van der Waals surface area contributed by atoms with Gasteiger partial charge in [0.2, 0.25) is 0 Å². The van der Waals surface area contributed by atoms with Crippen LogP contribution in [0.5, 0.6) is 0 Å². The van der Waals surface area contributed by atoms with Gasteiger partial charge in [0.05, 0.1) is 0 Å². The van der Waals surface area contributed by atoms with Gasteiger partial charge >= 0.3 is 6.03 Å². The molecule has 3 nitrogen and oxygen atoms in total. The van der Waals surface area contributed by atoms with Crippen LogP contribution >= 0.6 is 0 Å². The van der Waals surface area contributed by atoms with Gasteiger partial charge in [-0.3, -0.25) is 0 Å². The third-order valence-corrected chi connectivity index (χ3v) is 3.10. The monoisotopic (exact) mass is 198 g/mol. The molecule has 0 aliphatic heterocycles. The van der Waals surface area contributed by atoms with E-state index in [9.17, 15) is 4.79 Å². The van der Waals surface area contributed by atoms with E-state index < -0.39 is 0 Å². The van der Waals surface area contributed by atoms with Crippen molar-refractivity contribution in [2.24, 2.45) is 5.92 Å². The van der Waals surface area contributed by atoms with Crippen LogP contribution in [0, 0.1) is 5.92 Å². The normalized spacial score (nSPS) is 16.1. The van der Waals surface area contributed by atoms with Gasteiger partial charge in [-0.05, 0) is 26.2 Å². The molecule has 1 aliphatic carbocycles. The zero-order chi connectivity index (χ0) is 10.4. The van der Waals surface area contributed by atoms with Gasteiger partial charge in [-0.15, -0.1) is 0 Å². The van der Waals surface area contributed by atoms with E-state index in [1.54, 1.807) is 0 Å². The van der Waals surface area contributed by atoms with Gasteiger partial charge in [-0.1, -0.05) is 19.3 Å². The van der Waals surface area contributed by atoms with Crippen molar-refractivity contribution in [2.75, 3.05) is 19.6 Å². The Labute approximate surface area is 86.9 Å².